The summed E-state index contributed by atoms with van der Waals surface area (Å²) in [7, 11) is 2.20. The van der Waals surface area contributed by atoms with Crippen molar-refractivity contribution in [2.45, 2.75) is 44.4 Å². The van der Waals surface area contributed by atoms with Gasteiger partial charge in [0.25, 0.3) is 0 Å². The minimum absolute atomic E-state index is 0.130. The highest BCUT2D eigenvalue weighted by Gasteiger charge is 2.42. The molecule has 1 saturated heterocycles. The maximum Gasteiger partial charge on any atom is 0.0780 e. The normalized spacial score (nSPS) is 36.6. The molecule has 1 heterocycles. The van der Waals surface area contributed by atoms with Gasteiger partial charge in [0.05, 0.1) is 12.2 Å². The first kappa shape index (κ1) is 10.4. The molecule has 0 aromatic rings. The Labute approximate surface area is 86.6 Å². The van der Waals surface area contributed by atoms with Crippen molar-refractivity contribution in [1.29, 1.82) is 0 Å². The van der Waals surface area contributed by atoms with Crippen LogP contribution in [0, 0.1) is 5.92 Å². The lowest BCUT2D eigenvalue weighted by Gasteiger charge is -2.27. The van der Waals surface area contributed by atoms with E-state index >= 15 is 0 Å². The summed E-state index contributed by atoms with van der Waals surface area (Å²) in [5.41, 5.74) is 6.04. The van der Waals surface area contributed by atoms with Crippen LogP contribution in [0.5, 0.6) is 0 Å². The Hall–Kier alpha value is -0.120. The maximum absolute atomic E-state index is 6.17. The van der Waals surface area contributed by atoms with E-state index in [9.17, 15) is 0 Å². The average molecular weight is 198 g/mol. The molecule has 0 radical (unpaired) electrons. The molecule has 0 spiro atoms. The fourth-order valence-electron chi connectivity index (χ4n) is 2.29. The van der Waals surface area contributed by atoms with Crippen LogP contribution in [0.3, 0.4) is 0 Å². The van der Waals surface area contributed by atoms with Gasteiger partial charge in [-0.3, -0.25) is 0 Å². The van der Waals surface area contributed by atoms with Crippen molar-refractivity contribution in [3.05, 3.63) is 0 Å². The highest BCUT2D eigenvalue weighted by molar-refractivity contribution is 4.96. The van der Waals surface area contributed by atoms with Gasteiger partial charge in [0.1, 0.15) is 0 Å². The molecule has 3 nitrogen and oxygen atoms in total. The molecule has 14 heavy (non-hydrogen) atoms. The summed E-state index contributed by atoms with van der Waals surface area (Å²) in [4.78, 5) is 2.44. The third kappa shape index (κ3) is 1.95. The topological polar surface area (TPSA) is 38.5 Å². The summed E-state index contributed by atoms with van der Waals surface area (Å²) in [6.07, 6.45) is 2.73. The molecule has 2 aliphatic rings. The van der Waals surface area contributed by atoms with Crippen molar-refractivity contribution in [2.75, 3.05) is 20.2 Å². The number of nitrogens with zero attached hydrogens (tertiary/aromatic N) is 1. The van der Waals surface area contributed by atoms with Crippen molar-refractivity contribution in [3.63, 3.8) is 0 Å². The molecule has 0 bridgehead atoms. The monoisotopic (exact) mass is 198 g/mol. The second-order valence-corrected chi connectivity index (χ2v) is 5.37. The minimum atomic E-state index is -0.130. The van der Waals surface area contributed by atoms with E-state index in [-0.39, 0.29) is 11.6 Å². The fraction of sp³-hybridized carbons (Fsp3) is 1.00. The SMILES string of the molecule is CN(CC1COC(C)(C)C1N)C1CC1. The Balaban J connectivity index is 1.86. The van der Waals surface area contributed by atoms with Gasteiger partial charge in [-0.25, -0.2) is 0 Å². The van der Waals surface area contributed by atoms with Gasteiger partial charge in [-0.15, -0.1) is 0 Å². The number of rotatable bonds is 3. The van der Waals surface area contributed by atoms with Crippen molar-refractivity contribution >= 4 is 0 Å². The van der Waals surface area contributed by atoms with Crippen molar-refractivity contribution in [1.82, 2.24) is 4.90 Å². The lowest BCUT2D eigenvalue weighted by molar-refractivity contribution is 0.0273. The maximum atomic E-state index is 6.17. The van der Waals surface area contributed by atoms with Crippen LogP contribution in [0.1, 0.15) is 26.7 Å². The fourth-order valence-corrected chi connectivity index (χ4v) is 2.29. The molecule has 2 fully saturated rings. The number of hydrogen-bond donors (Lipinski definition) is 1. The Morgan fingerprint density at radius 1 is 1.43 bits per heavy atom. The third-order valence-corrected chi connectivity index (χ3v) is 3.67. The van der Waals surface area contributed by atoms with Crippen LogP contribution >= 0.6 is 0 Å². The van der Waals surface area contributed by atoms with E-state index in [1.165, 1.54) is 12.8 Å². The first-order chi connectivity index (χ1) is 6.50. The van der Waals surface area contributed by atoms with E-state index in [0.717, 1.165) is 19.2 Å². The molecule has 3 heteroatoms. The van der Waals surface area contributed by atoms with E-state index in [2.05, 4.69) is 25.8 Å². The molecule has 82 valence electrons. The zero-order valence-corrected chi connectivity index (χ0v) is 9.49. The number of nitrogens with two attached hydrogens (primary N) is 1. The second kappa shape index (κ2) is 3.47. The summed E-state index contributed by atoms with van der Waals surface area (Å²) in [6.45, 7) is 6.10. The van der Waals surface area contributed by atoms with Gasteiger partial charge in [-0.2, -0.15) is 0 Å². The van der Waals surface area contributed by atoms with E-state index in [4.69, 9.17) is 10.5 Å². The zero-order valence-electron chi connectivity index (χ0n) is 9.49. The second-order valence-electron chi connectivity index (χ2n) is 5.37. The molecule has 1 aliphatic carbocycles. The molecular weight excluding hydrogens is 176 g/mol. The molecule has 0 amide bonds. The Morgan fingerprint density at radius 3 is 2.50 bits per heavy atom. The molecular formula is C11H22N2O. The summed E-state index contributed by atoms with van der Waals surface area (Å²) < 4.78 is 5.71. The summed E-state index contributed by atoms with van der Waals surface area (Å²) in [5.74, 6) is 0.510. The van der Waals surface area contributed by atoms with Crippen LogP contribution in [-0.4, -0.2) is 42.8 Å². The molecule has 2 N–H and O–H groups in total. The van der Waals surface area contributed by atoms with E-state index in [1.54, 1.807) is 0 Å². The predicted molar refractivity (Wildman–Crippen MR) is 57.1 cm³/mol. The predicted octanol–water partition coefficient (Wildman–Crippen LogP) is 0.833. The molecule has 2 atom stereocenters. The van der Waals surface area contributed by atoms with Gasteiger partial charge in [0.2, 0.25) is 0 Å². The van der Waals surface area contributed by atoms with Gasteiger partial charge in [0.15, 0.2) is 0 Å². The van der Waals surface area contributed by atoms with Crippen LogP contribution in [0.2, 0.25) is 0 Å². The quantitative estimate of drug-likeness (QED) is 0.730. The molecule has 0 aromatic carbocycles. The van der Waals surface area contributed by atoms with Crippen LogP contribution in [-0.2, 0) is 4.74 Å². The van der Waals surface area contributed by atoms with Crippen LogP contribution < -0.4 is 5.73 Å². The highest BCUT2D eigenvalue weighted by Crippen LogP contribution is 2.31. The van der Waals surface area contributed by atoms with Gasteiger partial charge >= 0.3 is 0 Å². The molecule has 1 saturated carbocycles. The largest absolute Gasteiger partial charge is 0.374 e. The lowest BCUT2D eigenvalue weighted by Crippen LogP contribution is -2.46. The van der Waals surface area contributed by atoms with Crippen LogP contribution in [0.4, 0.5) is 0 Å². The Kier molecular flexibility index (Phi) is 2.58. The lowest BCUT2D eigenvalue weighted by atomic mass is 9.91. The van der Waals surface area contributed by atoms with E-state index in [0.29, 0.717) is 5.92 Å². The molecule has 0 aromatic heterocycles. The van der Waals surface area contributed by atoms with Crippen LogP contribution in [0.15, 0.2) is 0 Å². The van der Waals surface area contributed by atoms with Crippen molar-refractivity contribution in [2.24, 2.45) is 11.7 Å². The first-order valence-corrected chi connectivity index (χ1v) is 5.60. The molecule has 2 rings (SSSR count). The average Bonchev–Trinajstić information content (AvgIpc) is 2.90. The van der Waals surface area contributed by atoms with Gasteiger partial charge in [-0.05, 0) is 33.7 Å². The molecule has 1 aliphatic heterocycles. The standard InChI is InChI=1S/C11H22N2O/c1-11(2)10(12)8(7-14-11)6-13(3)9-4-5-9/h8-10H,4-7,12H2,1-3H3. The van der Waals surface area contributed by atoms with Crippen molar-refractivity contribution < 1.29 is 4.74 Å². The van der Waals surface area contributed by atoms with Crippen LogP contribution in [0.25, 0.3) is 0 Å². The zero-order chi connectivity index (χ0) is 10.3. The number of hydrogen-bond acceptors (Lipinski definition) is 3. The Bertz CT molecular complexity index is 213. The summed E-state index contributed by atoms with van der Waals surface area (Å²) >= 11 is 0. The molecule has 2 unspecified atom stereocenters. The number of ether oxygens (including phenoxy) is 1. The highest BCUT2D eigenvalue weighted by atomic mass is 16.5. The summed E-state index contributed by atoms with van der Waals surface area (Å²) in [6, 6.07) is 1.01. The summed E-state index contributed by atoms with van der Waals surface area (Å²) in [5, 5.41) is 0. The van der Waals surface area contributed by atoms with Gasteiger partial charge in [0, 0.05) is 24.5 Å². The smallest absolute Gasteiger partial charge is 0.0780 e. The van der Waals surface area contributed by atoms with E-state index in [1.807, 2.05) is 0 Å². The van der Waals surface area contributed by atoms with Gasteiger partial charge < -0.3 is 15.4 Å². The van der Waals surface area contributed by atoms with E-state index < -0.39 is 0 Å². The first-order valence-electron chi connectivity index (χ1n) is 5.60. The minimum Gasteiger partial charge on any atom is -0.374 e. The van der Waals surface area contributed by atoms with Gasteiger partial charge in [-0.1, -0.05) is 0 Å². The third-order valence-electron chi connectivity index (χ3n) is 3.67. The Morgan fingerprint density at radius 2 is 2.07 bits per heavy atom. The van der Waals surface area contributed by atoms with Crippen molar-refractivity contribution in [3.8, 4) is 0 Å².